The summed E-state index contributed by atoms with van der Waals surface area (Å²) in [5, 5.41) is 3.53. The zero-order valence-electron chi connectivity index (χ0n) is 11.1. The van der Waals surface area contributed by atoms with Crippen LogP contribution < -0.4 is 5.32 Å². The molecule has 18 heavy (non-hydrogen) atoms. The smallest absolute Gasteiger partial charge is 0.168 e. The van der Waals surface area contributed by atoms with Crippen molar-refractivity contribution in [3.05, 3.63) is 0 Å². The van der Waals surface area contributed by atoms with Gasteiger partial charge in [0.1, 0.15) is 0 Å². The van der Waals surface area contributed by atoms with Gasteiger partial charge in [-0.1, -0.05) is 0 Å². The summed E-state index contributed by atoms with van der Waals surface area (Å²) in [7, 11) is 1.75. The molecule has 2 heterocycles. The number of rotatable bonds is 2. The first-order chi connectivity index (χ1) is 8.79. The van der Waals surface area contributed by atoms with E-state index in [4.69, 9.17) is 18.9 Å². The second-order valence-electron chi connectivity index (χ2n) is 5.48. The molecule has 3 rings (SSSR count). The minimum atomic E-state index is -0.316. The van der Waals surface area contributed by atoms with Gasteiger partial charge in [0.05, 0.1) is 38.1 Å². The Labute approximate surface area is 108 Å². The van der Waals surface area contributed by atoms with Crippen molar-refractivity contribution in [2.45, 2.75) is 43.1 Å². The summed E-state index contributed by atoms with van der Waals surface area (Å²) in [6.07, 6.45) is 3.81. The first-order valence-electron chi connectivity index (χ1n) is 6.93. The SMILES string of the molecule is COCC1NCCOC12CCC1(CC2)OCCO1. The van der Waals surface area contributed by atoms with Crippen molar-refractivity contribution in [1.82, 2.24) is 5.32 Å². The summed E-state index contributed by atoms with van der Waals surface area (Å²) < 4.78 is 23.0. The van der Waals surface area contributed by atoms with Crippen LogP contribution in [0.15, 0.2) is 0 Å². The van der Waals surface area contributed by atoms with Crippen LogP contribution in [0.4, 0.5) is 0 Å². The zero-order chi connectivity index (χ0) is 12.5. The fraction of sp³-hybridized carbons (Fsp3) is 1.00. The number of hydrogen-bond acceptors (Lipinski definition) is 5. The molecule has 5 heteroatoms. The van der Waals surface area contributed by atoms with Crippen LogP contribution in [0.25, 0.3) is 0 Å². The average molecular weight is 257 g/mol. The minimum absolute atomic E-state index is 0.0885. The van der Waals surface area contributed by atoms with E-state index >= 15 is 0 Å². The van der Waals surface area contributed by atoms with Gasteiger partial charge >= 0.3 is 0 Å². The summed E-state index contributed by atoms with van der Waals surface area (Å²) >= 11 is 0. The van der Waals surface area contributed by atoms with E-state index in [1.807, 2.05) is 0 Å². The molecule has 0 aromatic heterocycles. The molecule has 1 aliphatic carbocycles. The van der Waals surface area contributed by atoms with Crippen LogP contribution in [0.2, 0.25) is 0 Å². The molecule has 0 aromatic carbocycles. The van der Waals surface area contributed by atoms with E-state index in [-0.39, 0.29) is 17.4 Å². The molecule has 3 aliphatic rings. The van der Waals surface area contributed by atoms with Crippen molar-refractivity contribution in [3.63, 3.8) is 0 Å². The largest absolute Gasteiger partial charge is 0.383 e. The second kappa shape index (κ2) is 5.06. The average Bonchev–Trinajstić information content (AvgIpc) is 2.85. The lowest BCUT2D eigenvalue weighted by atomic mass is 9.76. The van der Waals surface area contributed by atoms with Crippen LogP contribution >= 0.6 is 0 Å². The third-order valence-electron chi connectivity index (χ3n) is 4.52. The first kappa shape index (κ1) is 12.8. The van der Waals surface area contributed by atoms with Gasteiger partial charge in [-0.05, 0) is 12.8 Å². The Kier molecular flexibility index (Phi) is 3.60. The molecule has 2 spiro atoms. The lowest BCUT2D eigenvalue weighted by Gasteiger charge is -2.49. The maximum atomic E-state index is 6.12. The Hall–Kier alpha value is -0.200. The van der Waals surface area contributed by atoms with Crippen LogP contribution in [-0.4, -0.2) is 57.5 Å². The van der Waals surface area contributed by atoms with Crippen molar-refractivity contribution < 1.29 is 18.9 Å². The highest BCUT2D eigenvalue weighted by Crippen LogP contribution is 2.44. The summed E-state index contributed by atoms with van der Waals surface area (Å²) in [6, 6.07) is 0.287. The number of hydrogen-bond donors (Lipinski definition) is 1. The van der Waals surface area contributed by atoms with Crippen molar-refractivity contribution in [3.8, 4) is 0 Å². The van der Waals surface area contributed by atoms with Crippen LogP contribution in [-0.2, 0) is 18.9 Å². The Morgan fingerprint density at radius 1 is 1.06 bits per heavy atom. The molecule has 1 N–H and O–H groups in total. The molecule has 2 saturated heterocycles. The van der Waals surface area contributed by atoms with Gasteiger partial charge in [0.15, 0.2) is 5.79 Å². The van der Waals surface area contributed by atoms with Crippen LogP contribution in [0.1, 0.15) is 25.7 Å². The highest BCUT2D eigenvalue weighted by atomic mass is 16.7. The number of ether oxygens (including phenoxy) is 4. The van der Waals surface area contributed by atoms with Gasteiger partial charge in [0.2, 0.25) is 0 Å². The fourth-order valence-electron chi connectivity index (χ4n) is 3.48. The van der Waals surface area contributed by atoms with Gasteiger partial charge in [0, 0.05) is 26.5 Å². The summed E-state index contributed by atoms with van der Waals surface area (Å²) in [6.45, 7) is 3.86. The highest BCUT2D eigenvalue weighted by molar-refractivity contribution is 5.01. The summed E-state index contributed by atoms with van der Waals surface area (Å²) in [4.78, 5) is 0. The van der Waals surface area contributed by atoms with Gasteiger partial charge in [-0.3, -0.25) is 0 Å². The molecule has 1 atom stereocenters. The van der Waals surface area contributed by atoms with Gasteiger partial charge < -0.3 is 24.3 Å². The molecule has 0 bridgehead atoms. The van der Waals surface area contributed by atoms with E-state index in [2.05, 4.69) is 5.32 Å². The predicted octanol–water partition coefficient (Wildman–Crippen LogP) is 0.677. The molecule has 1 unspecified atom stereocenters. The monoisotopic (exact) mass is 257 g/mol. The van der Waals surface area contributed by atoms with E-state index in [9.17, 15) is 0 Å². The molecule has 0 aromatic rings. The normalized spacial score (nSPS) is 34.2. The van der Waals surface area contributed by atoms with E-state index in [1.54, 1.807) is 7.11 Å². The van der Waals surface area contributed by atoms with E-state index < -0.39 is 0 Å². The van der Waals surface area contributed by atoms with Crippen molar-refractivity contribution in [2.75, 3.05) is 40.1 Å². The third-order valence-corrected chi connectivity index (χ3v) is 4.52. The van der Waals surface area contributed by atoms with Crippen molar-refractivity contribution in [1.29, 1.82) is 0 Å². The van der Waals surface area contributed by atoms with Crippen LogP contribution in [0.3, 0.4) is 0 Å². The van der Waals surface area contributed by atoms with E-state index in [0.29, 0.717) is 6.61 Å². The van der Waals surface area contributed by atoms with Gasteiger partial charge in [0.25, 0.3) is 0 Å². The lowest BCUT2D eigenvalue weighted by molar-refractivity contribution is -0.224. The Morgan fingerprint density at radius 3 is 2.44 bits per heavy atom. The molecule has 2 aliphatic heterocycles. The topological polar surface area (TPSA) is 49.0 Å². The molecular formula is C13H23NO4. The van der Waals surface area contributed by atoms with Crippen molar-refractivity contribution in [2.24, 2.45) is 0 Å². The van der Waals surface area contributed by atoms with Gasteiger partial charge in [-0.25, -0.2) is 0 Å². The quantitative estimate of drug-likeness (QED) is 0.788. The highest BCUT2D eigenvalue weighted by Gasteiger charge is 2.51. The first-order valence-corrected chi connectivity index (χ1v) is 6.93. The number of methoxy groups -OCH3 is 1. The zero-order valence-corrected chi connectivity index (χ0v) is 11.1. The summed E-state index contributed by atoms with van der Waals surface area (Å²) in [5.74, 6) is -0.316. The minimum Gasteiger partial charge on any atom is -0.383 e. The van der Waals surface area contributed by atoms with E-state index in [1.165, 1.54) is 0 Å². The standard InChI is InChI=1S/C13H23NO4/c1-15-10-11-12(16-7-6-14-11)2-4-13(5-3-12)17-8-9-18-13/h11,14H,2-10H2,1H3. The molecular weight excluding hydrogens is 234 g/mol. The van der Waals surface area contributed by atoms with E-state index in [0.717, 1.165) is 52.0 Å². The van der Waals surface area contributed by atoms with Gasteiger partial charge in [-0.2, -0.15) is 0 Å². The lowest BCUT2D eigenvalue weighted by Crippen LogP contribution is -2.62. The van der Waals surface area contributed by atoms with Crippen LogP contribution in [0.5, 0.6) is 0 Å². The second-order valence-corrected chi connectivity index (χ2v) is 5.48. The number of morpholine rings is 1. The van der Waals surface area contributed by atoms with Gasteiger partial charge in [-0.15, -0.1) is 0 Å². The Morgan fingerprint density at radius 2 is 1.78 bits per heavy atom. The molecule has 0 radical (unpaired) electrons. The molecule has 1 saturated carbocycles. The predicted molar refractivity (Wildman–Crippen MR) is 65.5 cm³/mol. The third kappa shape index (κ3) is 2.18. The molecule has 3 fully saturated rings. The molecule has 0 amide bonds. The van der Waals surface area contributed by atoms with Crippen LogP contribution in [0, 0.1) is 0 Å². The maximum absolute atomic E-state index is 6.12. The van der Waals surface area contributed by atoms with Crippen molar-refractivity contribution >= 4 is 0 Å². The molecule has 5 nitrogen and oxygen atoms in total. The number of nitrogens with one attached hydrogen (secondary N) is 1. The molecule has 104 valence electrons. The Bertz CT molecular complexity index is 279. The maximum Gasteiger partial charge on any atom is 0.168 e. The fourth-order valence-corrected chi connectivity index (χ4v) is 3.48. The Balaban J connectivity index is 1.67. The summed E-state index contributed by atoms with van der Waals surface area (Å²) in [5.41, 5.74) is -0.0885.